The average Bonchev–Trinajstić information content (AvgIpc) is 3.33. The molecule has 0 N–H and O–H groups in total. The van der Waals surface area contributed by atoms with Crippen molar-refractivity contribution in [3.63, 3.8) is 0 Å². The van der Waals surface area contributed by atoms with Crippen molar-refractivity contribution in [2.24, 2.45) is 0 Å². The number of hydrogen-bond acceptors (Lipinski definition) is 5. The molecule has 0 aliphatic heterocycles. The summed E-state index contributed by atoms with van der Waals surface area (Å²) in [5.41, 5.74) is 4.23. The second kappa shape index (κ2) is 8.41. The van der Waals surface area contributed by atoms with Gasteiger partial charge in [0.1, 0.15) is 0 Å². The second-order valence-corrected chi connectivity index (χ2v) is 8.59. The Hall–Kier alpha value is -2.35. The van der Waals surface area contributed by atoms with E-state index in [0.717, 1.165) is 21.3 Å². The zero-order valence-electron chi connectivity index (χ0n) is 16.5. The monoisotopic (exact) mass is 505 g/mol. The van der Waals surface area contributed by atoms with Crippen molar-refractivity contribution in [3.05, 3.63) is 62.5 Å². The Morgan fingerprint density at radius 1 is 1.07 bits per heavy atom. The molecule has 0 fully saturated rings. The molecule has 0 radical (unpaired) electrons. The Balaban J connectivity index is 2.00. The lowest BCUT2D eigenvalue weighted by molar-refractivity contribution is 0.562. The van der Waals surface area contributed by atoms with E-state index in [4.69, 9.17) is 32.7 Å². The van der Waals surface area contributed by atoms with Crippen molar-refractivity contribution in [3.8, 4) is 28.5 Å². The van der Waals surface area contributed by atoms with Gasteiger partial charge in [-0.15, -0.1) is 5.10 Å². The van der Waals surface area contributed by atoms with E-state index in [2.05, 4.69) is 33.1 Å². The SMILES string of the molecule is CCc1c(-c2nnc(N(C)C)o2)nn(-c2ccc(Cl)cc2Cl)c1-c1ccc(Br)cc1. The second-order valence-electron chi connectivity index (χ2n) is 6.83. The fourth-order valence-electron chi connectivity index (χ4n) is 3.18. The first-order valence-electron chi connectivity index (χ1n) is 9.23. The van der Waals surface area contributed by atoms with Gasteiger partial charge in [0.2, 0.25) is 0 Å². The summed E-state index contributed by atoms with van der Waals surface area (Å²) in [6.07, 6.45) is 0.714. The third kappa shape index (κ3) is 3.85. The van der Waals surface area contributed by atoms with E-state index in [1.807, 2.05) is 49.1 Å². The molecule has 6 nitrogen and oxygen atoms in total. The number of benzene rings is 2. The molecule has 0 unspecified atom stereocenters. The van der Waals surface area contributed by atoms with Crippen molar-refractivity contribution in [1.29, 1.82) is 0 Å². The standard InChI is InChI=1S/C21H18BrCl2N5O/c1-4-15-18(20-25-26-21(30-20)28(2)3)27-29(17-10-9-14(23)11-16(17)24)19(15)12-5-7-13(22)8-6-12/h5-11H,4H2,1-3H3. The number of halogens is 3. The van der Waals surface area contributed by atoms with Crippen molar-refractivity contribution in [1.82, 2.24) is 20.0 Å². The summed E-state index contributed by atoms with van der Waals surface area (Å²) in [5, 5.41) is 14.2. The van der Waals surface area contributed by atoms with Crippen LogP contribution < -0.4 is 4.90 Å². The van der Waals surface area contributed by atoms with E-state index >= 15 is 0 Å². The highest BCUT2D eigenvalue weighted by atomic mass is 79.9. The van der Waals surface area contributed by atoms with Crippen LogP contribution in [0.3, 0.4) is 0 Å². The summed E-state index contributed by atoms with van der Waals surface area (Å²) < 4.78 is 8.66. The van der Waals surface area contributed by atoms with Crippen LogP contribution in [0.5, 0.6) is 0 Å². The predicted molar refractivity (Wildman–Crippen MR) is 124 cm³/mol. The van der Waals surface area contributed by atoms with Crippen LogP contribution in [0.15, 0.2) is 51.4 Å². The highest BCUT2D eigenvalue weighted by Gasteiger charge is 2.25. The first-order valence-corrected chi connectivity index (χ1v) is 10.8. The molecule has 4 aromatic rings. The molecule has 0 bridgehead atoms. The average molecular weight is 507 g/mol. The Morgan fingerprint density at radius 3 is 2.40 bits per heavy atom. The molecule has 154 valence electrons. The molecule has 2 heterocycles. The van der Waals surface area contributed by atoms with Gasteiger partial charge in [-0.25, -0.2) is 4.68 Å². The zero-order chi connectivity index (χ0) is 21.4. The van der Waals surface area contributed by atoms with Crippen LogP contribution >= 0.6 is 39.1 Å². The topological polar surface area (TPSA) is 60.0 Å². The summed E-state index contributed by atoms with van der Waals surface area (Å²) in [5.74, 6) is 0.359. The molecule has 30 heavy (non-hydrogen) atoms. The molecule has 0 atom stereocenters. The Morgan fingerprint density at radius 2 is 1.80 bits per heavy atom. The largest absolute Gasteiger partial charge is 0.401 e. The molecule has 0 saturated carbocycles. The Bertz CT molecular complexity index is 1200. The van der Waals surface area contributed by atoms with Gasteiger partial charge >= 0.3 is 6.01 Å². The fraction of sp³-hybridized carbons (Fsp3) is 0.190. The Labute approximate surface area is 192 Å². The number of aromatic nitrogens is 4. The quantitative estimate of drug-likeness (QED) is 0.318. The third-order valence-electron chi connectivity index (χ3n) is 4.59. The van der Waals surface area contributed by atoms with E-state index in [-0.39, 0.29) is 0 Å². The van der Waals surface area contributed by atoms with Crippen LogP contribution in [0.1, 0.15) is 12.5 Å². The zero-order valence-corrected chi connectivity index (χ0v) is 19.6. The van der Waals surface area contributed by atoms with Crippen molar-refractivity contribution in [2.45, 2.75) is 13.3 Å². The maximum Gasteiger partial charge on any atom is 0.317 e. The van der Waals surface area contributed by atoms with Gasteiger partial charge in [0.05, 0.1) is 16.4 Å². The van der Waals surface area contributed by atoms with Gasteiger partial charge in [-0.3, -0.25) is 0 Å². The summed E-state index contributed by atoms with van der Waals surface area (Å²) in [6, 6.07) is 13.8. The molecule has 0 saturated heterocycles. The van der Waals surface area contributed by atoms with Gasteiger partial charge in [-0.1, -0.05) is 63.3 Å². The molecule has 9 heteroatoms. The highest BCUT2D eigenvalue weighted by Crippen LogP contribution is 2.37. The molecule has 2 aromatic heterocycles. The first-order chi connectivity index (χ1) is 14.4. The molecule has 4 rings (SSSR count). The maximum atomic E-state index is 6.53. The van der Waals surface area contributed by atoms with Crippen molar-refractivity contribution >= 4 is 45.1 Å². The number of anilines is 1. The highest BCUT2D eigenvalue weighted by molar-refractivity contribution is 9.10. The van der Waals surface area contributed by atoms with Crippen molar-refractivity contribution < 1.29 is 4.42 Å². The molecule has 0 aliphatic rings. The minimum atomic E-state index is 0.359. The molecular formula is C21H18BrCl2N5O. The van der Waals surface area contributed by atoms with Gasteiger partial charge < -0.3 is 9.32 Å². The maximum absolute atomic E-state index is 6.53. The van der Waals surface area contributed by atoms with Crippen LogP contribution in [-0.2, 0) is 6.42 Å². The molecule has 2 aromatic carbocycles. The van der Waals surface area contributed by atoms with Gasteiger partial charge in [0.25, 0.3) is 5.89 Å². The van der Waals surface area contributed by atoms with Gasteiger partial charge in [-0.05, 0) is 36.8 Å². The smallest absolute Gasteiger partial charge is 0.317 e. The molecule has 0 amide bonds. The number of hydrogen-bond donors (Lipinski definition) is 0. The molecule has 0 spiro atoms. The van der Waals surface area contributed by atoms with E-state index < -0.39 is 0 Å². The van der Waals surface area contributed by atoms with Crippen LogP contribution in [0.4, 0.5) is 6.01 Å². The van der Waals surface area contributed by atoms with E-state index in [9.17, 15) is 0 Å². The summed E-state index contributed by atoms with van der Waals surface area (Å²) in [4.78, 5) is 1.75. The summed E-state index contributed by atoms with van der Waals surface area (Å²) in [6.45, 7) is 2.07. The minimum Gasteiger partial charge on any atom is -0.401 e. The molecule has 0 aliphatic carbocycles. The third-order valence-corrected chi connectivity index (χ3v) is 5.66. The van der Waals surface area contributed by atoms with Gasteiger partial charge in [0, 0.05) is 34.7 Å². The normalized spacial score (nSPS) is 11.1. The number of nitrogens with zero attached hydrogens (tertiary/aromatic N) is 5. The van der Waals surface area contributed by atoms with Crippen molar-refractivity contribution in [2.75, 3.05) is 19.0 Å². The van der Waals surface area contributed by atoms with E-state index in [1.165, 1.54) is 0 Å². The molecular weight excluding hydrogens is 489 g/mol. The van der Waals surface area contributed by atoms with Crippen LogP contribution in [0, 0.1) is 0 Å². The predicted octanol–water partition coefficient (Wildman–Crippen LogP) is 6.29. The van der Waals surface area contributed by atoms with Crippen LogP contribution in [0.25, 0.3) is 28.5 Å². The minimum absolute atomic E-state index is 0.359. The fourth-order valence-corrected chi connectivity index (χ4v) is 3.93. The first kappa shape index (κ1) is 20.9. The lowest BCUT2D eigenvalue weighted by Crippen LogP contribution is -2.08. The number of rotatable bonds is 5. The summed E-state index contributed by atoms with van der Waals surface area (Å²) >= 11 is 16.1. The van der Waals surface area contributed by atoms with E-state index in [1.54, 1.807) is 17.0 Å². The van der Waals surface area contributed by atoms with Crippen LogP contribution in [-0.4, -0.2) is 34.1 Å². The summed E-state index contributed by atoms with van der Waals surface area (Å²) in [7, 11) is 3.69. The lowest BCUT2D eigenvalue weighted by Gasteiger charge is -2.11. The van der Waals surface area contributed by atoms with Gasteiger partial charge in [0.15, 0.2) is 5.69 Å². The lowest BCUT2D eigenvalue weighted by atomic mass is 10.0. The van der Waals surface area contributed by atoms with Gasteiger partial charge in [-0.2, -0.15) is 5.10 Å². The van der Waals surface area contributed by atoms with E-state index in [0.29, 0.717) is 39.8 Å². The van der Waals surface area contributed by atoms with Crippen LogP contribution in [0.2, 0.25) is 10.0 Å². The Kier molecular flexibility index (Phi) is 5.86.